The molecule has 0 radical (unpaired) electrons. The van der Waals surface area contributed by atoms with Gasteiger partial charge < -0.3 is 21.2 Å². The Morgan fingerprint density at radius 2 is 2.00 bits per heavy atom. The number of furan rings is 1. The Labute approximate surface area is 165 Å². The summed E-state index contributed by atoms with van der Waals surface area (Å²) in [5.41, 5.74) is 12.2. The van der Waals surface area contributed by atoms with E-state index in [-0.39, 0.29) is 24.8 Å². The summed E-state index contributed by atoms with van der Waals surface area (Å²) in [6.45, 7) is 3.43. The molecule has 0 aliphatic heterocycles. The minimum absolute atomic E-state index is 0. The molecule has 0 unspecified atom stereocenters. The van der Waals surface area contributed by atoms with E-state index in [1.54, 1.807) is 0 Å². The van der Waals surface area contributed by atoms with Gasteiger partial charge in [-0.2, -0.15) is 4.99 Å². The number of thiazole rings is 1. The summed E-state index contributed by atoms with van der Waals surface area (Å²) in [6.07, 6.45) is 6.15. The van der Waals surface area contributed by atoms with Crippen LogP contribution in [0.2, 0.25) is 0 Å². The lowest BCUT2D eigenvalue weighted by molar-refractivity contribution is 0.524. The Hall–Kier alpha value is -1.28. The molecule has 0 saturated carbocycles. The number of hydrogen-bond donors (Lipinski definition) is 3. The first-order valence-electron chi connectivity index (χ1n) is 8.05. The van der Waals surface area contributed by atoms with Crippen LogP contribution in [0, 0.1) is 0 Å². The highest BCUT2D eigenvalue weighted by molar-refractivity contribution is 7.13. The van der Waals surface area contributed by atoms with Crippen LogP contribution in [0.25, 0.3) is 11.5 Å². The van der Waals surface area contributed by atoms with Crippen LogP contribution in [0.15, 0.2) is 26.9 Å². The normalized spacial score (nSPS) is 10.9. The van der Waals surface area contributed by atoms with E-state index in [0.29, 0.717) is 23.4 Å². The van der Waals surface area contributed by atoms with Crippen molar-refractivity contribution in [2.24, 2.45) is 16.5 Å². The first-order chi connectivity index (χ1) is 11.2. The molecule has 9 heteroatoms. The van der Waals surface area contributed by atoms with Gasteiger partial charge in [-0.1, -0.05) is 32.6 Å². The molecule has 0 aliphatic rings. The van der Waals surface area contributed by atoms with Gasteiger partial charge in [0.25, 0.3) is 0 Å². The van der Waals surface area contributed by atoms with Gasteiger partial charge in [0.1, 0.15) is 11.5 Å². The summed E-state index contributed by atoms with van der Waals surface area (Å²) in [6, 6.07) is 3.72. The monoisotopic (exact) mass is 407 g/mol. The zero-order valence-corrected chi connectivity index (χ0v) is 16.8. The molecule has 0 aromatic carbocycles. The molecule has 0 fully saturated rings. The summed E-state index contributed by atoms with van der Waals surface area (Å²) in [7, 11) is 0. The lowest BCUT2D eigenvalue weighted by Crippen LogP contribution is -2.31. The third-order valence-corrected chi connectivity index (χ3v) is 4.14. The van der Waals surface area contributed by atoms with E-state index < -0.39 is 0 Å². The molecule has 0 atom stereocenters. The predicted octanol–water partition coefficient (Wildman–Crippen LogP) is 4.21. The van der Waals surface area contributed by atoms with Crippen molar-refractivity contribution < 1.29 is 4.42 Å². The summed E-state index contributed by atoms with van der Waals surface area (Å²) in [5.74, 6) is 1.84. The zero-order valence-electron chi connectivity index (χ0n) is 14.4. The predicted molar refractivity (Wildman–Crippen MR) is 110 cm³/mol. The fraction of sp³-hybridized carbons (Fsp3) is 0.500. The Kier molecular flexibility index (Phi) is 12.3. The smallest absolute Gasteiger partial charge is 0.212 e. The lowest BCUT2D eigenvalue weighted by Gasteiger charge is -2.04. The lowest BCUT2D eigenvalue weighted by atomic mass is 10.1. The molecular formula is C16H27Cl2N5OS. The van der Waals surface area contributed by atoms with E-state index in [9.17, 15) is 0 Å². The van der Waals surface area contributed by atoms with Crippen LogP contribution in [0.5, 0.6) is 0 Å². The van der Waals surface area contributed by atoms with Crippen LogP contribution >= 0.6 is 36.2 Å². The summed E-state index contributed by atoms with van der Waals surface area (Å²) in [4.78, 5) is 8.70. The maximum atomic E-state index is 5.89. The fourth-order valence-corrected chi connectivity index (χ4v) is 2.83. The van der Waals surface area contributed by atoms with Gasteiger partial charge in [0.15, 0.2) is 11.7 Å². The van der Waals surface area contributed by atoms with Crippen LogP contribution in [0.1, 0.15) is 44.8 Å². The highest BCUT2D eigenvalue weighted by Gasteiger charge is 2.08. The van der Waals surface area contributed by atoms with E-state index in [1.165, 1.54) is 37.0 Å². The Bertz CT molecular complexity index is 630. The molecule has 0 amide bonds. The molecule has 25 heavy (non-hydrogen) atoms. The summed E-state index contributed by atoms with van der Waals surface area (Å²) < 4.78 is 5.57. The standard InChI is InChI=1S/C16H25N5OS.2ClH/c1-2-3-4-5-6-9-19-15(18)21-16-20-13(11-23-16)14-8-7-12(10-17)22-14;;/h7-8,11H,2-6,9-10,17H2,1H3,(H3,18,19,20,21);2*1H. The first-order valence-corrected chi connectivity index (χ1v) is 8.93. The van der Waals surface area contributed by atoms with Gasteiger partial charge in [-0.25, -0.2) is 4.98 Å². The summed E-state index contributed by atoms with van der Waals surface area (Å²) >= 11 is 1.43. The molecule has 2 aromatic rings. The molecule has 2 rings (SSSR count). The summed E-state index contributed by atoms with van der Waals surface area (Å²) in [5, 5.41) is 5.64. The number of nitrogens with two attached hydrogens (primary N) is 2. The Morgan fingerprint density at radius 1 is 1.24 bits per heavy atom. The van der Waals surface area contributed by atoms with Crippen LogP contribution in [0.4, 0.5) is 5.13 Å². The molecule has 0 saturated heterocycles. The number of guanidine groups is 1. The van der Waals surface area contributed by atoms with Crippen molar-refractivity contribution in [3.05, 3.63) is 23.3 Å². The first kappa shape index (κ1) is 23.7. The second-order valence-electron chi connectivity index (χ2n) is 5.32. The molecule has 0 spiro atoms. The zero-order chi connectivity index (χ0) is 16.5. The van der Waals surface area contributed by atoms with E-state index in [2.05, 4.69) is 22.2 Å². The van der Waals surface area contributed by atoms with Gasteiger partial charge in [0.05, 0.1) is 6.54 Å². The van der Waals surface area contributed by atoms with Crippen LogP contribution in [-0.4, -0.2) is 17.5 Å². The van der Waals surface area contributed by atoms with Gasteiger partial charge >= 0.3 is 0 Å². The molecule has 5 N–H and O–H groups in total. The molecule has 2 aromatic heterocycles. The topological polar surface area (TPSA) is 102 Å². The maximum absolute atomic E-state index is 5.89. The average molecular weight is 408 g/mol. The van der Waals surface area contributed by atoms with Gasteiger partial charge in [-0.3, -0.25) is 0 Å². The number of hydrogen-bond acceptors (Lipinski definition) is 5. The van der Waals surface area contributed by atoms with E-state index in [0.717, 1.165) is 24.4 Å². The van der Waals surface area contributed by atoms with Crippen LogP contribution < -0.4 is 16.8 Å². The van der Waals surface area contributed by atoms with Gasteiger partial charge in [-0.05, 0) is 18.6 Å². The van der Waals surface area contributed by atoms with Gasteiger partial charge in [0.2, 0.25) is 5.13 Å². The number of halogens is 2. The molecule has 142 valence electrons. The minimum atomic E-state index is 0. The average Bonchev–Trinajstić information content (AvgIpc) is 3.19. The highest BCUT2D eigenvalue weighted by Crippen LogP contribution is 2.27. The SMILES string of the molecule is CCCCCCCN/C(N)=N/c1nc(-c2ccc(CN)o2)cs1.Cl.Cl. The highest BCUT2D eigenvalue weighted by atomic mass is 35.5. The van der Waals surface area contributed by atoms with E-state index in [1.807, 2.05) is 17.5 Å². The fourth-order valence-electron chi connectivity index (χ4n) is 2.14. The van der Waals surface area contributed by atoms with Gasteiger partial charge in [-0.15, -0.1) is 36.2 Å². The van der Waals surface area contributed by atoms with Crippen LogP contribution in [-0.2, 0) is 6.54 Å². The molecule has 0 aliphatic carbocycles. The quantitative estimate of drug-likeness (QED) is 0.328. The maximum Gasteiger partial charge on any atom is 0.212 e. The Balaban J connectivity index is 0.00000288. The molecule has 6 nitrogen and oxygen atoms in total. The molecule has 2 heterocycles. The number of unbranched alkanes of at least 4 members (excludes halogenated alkanes) is 4. The minimum Gasteiger partial charge on any atom is -0.458 e. The van der Waals surface area contributed by atoms with Crippen molar-refractivity contribution >= 4 is 47.2 Å². The second-order valence-corrected chi connectivity index (χ2v) is 6.16. The number of rotatable bonds is 9. The second kappa shape index (κ2) is 13.0. The number of aliphatic imine (C=N–C) groups is 1. The van der Waals surface area contributed by atoms with Crippen molar-refractivity contribution in [2.75, 3.05) is 6.54 Å². The molecular weight excluding hydrogens is 381 g/mol. The van der Waals surface area contributed by atoms with Crippen molar-refractivity contribution in [1.82, 2.24) is 10.3 Å². The molecule has 0 bridgehead atoms. The number of nitrogens with zero attached hydrogens (tertiary/aromatic N) is 2. The van der Waals surface area contributed by atoms with E-state index in [4.69, 9.17) is 15.9 Å². The number of nitrogens with one attached hydrogen (secondary N) is 1. The van der Waals surface area contributed by atoms with Crippen molar-refractivity contribution in [1.29, 1.82) is 0 Å². The van der Waals surface area contributed by atoms with E-state index >= 15 is 0 Å². The third kappa shape index (κ3) is 8.09. The third-order valence-electron chi connectivity index (χ3n) is 3.41. The van der Waals surface area contributed by atoms with Gasteiger partial charge in [0, 0.05) is 11.9 Å². The van der Waals surface area contributed by atoms with Crippen molar-refractivity contribution in [3.63, 3.8) is 0 Å². The number of aromatic nitrogens is 1. The van der Waals surface area contributed by atoms with Crippen molar-refractivity contribution in [2.45, 2.75) is 45.6 Å². The Morgan fingerprint density at radius 3 is 2.68 bits per heavy atom. The van der Waals surface area contributed by atoms with Crippen molar-refractivity contribution in [3.8, 4) is 11.5 Å². The van der Waals surface area contributed by atoms with Crippen LogP contribution in [0.3, 0.4) is 0 Å². The largest absolute Gasteiger partial charge is 0.458 e.